The van der Waals surface area contributed by atoms with Gasteiger partial charge in [0.1, 0.15) is 5.82 Å². The van der Waals surface area contributed by atoms with Gasteiger partial charge in [0.15, 0.2) is 5.96 Å². The molecule has 32 heavy (non-hydrogen) atoms. The van der Waals surface area contributed by atoms with E-state index in [4.69, 9.17) is 0 Å². The molecule has 0 radical (unpaired) electrons. The number of allylic oxidation sites excluding steroid dienone is 2. The molecule has 2 fully saturated rings. The number of likely N-dealkylation sites (tertiary alicyclic amines) is 1. The van der Waals surface area contributed by atoms with Crippen LogP contribution in [0.15, 0.2) is 41.5 Å². The number of carbonyl (C=O) groups excluding carboxylic acids is 2. The van der Waals surface area contributed by atoms with Crippen molar-refractivity contribution in [2.75, 3.05) is 26.7 Å². The first-order valence-electron chi connectivity index (χ1n) is 10.8. The van der Waals surface area contributed by atoms with Crippen LogP contribution >= 0.6 is 24.0 Å². The van der Waals surface area contributed by atoms with Crippen LogP contribution in [-0.2, 0) is 16.0 Å². The Morgan fingerprint density at radius 2 is 1.84 bits per heavy atom. The number of hydrogen-bond acceptors (Lipinski definition) is 3. The van der Waals surface area contributed by atoms with Crippen LogP contribution in [0.25, 0.3) is 10.9 Å². The van der Waals surface area contributed by atoms with Gasteiger partial charge in [0.2, 0.25) is 11.8 Å². The number of rotatable bonds is 6. The number of carbonyl (C=O) groups is 2. The van der Waals surface area contributed by atoms with E-state index in [0.717, 1.165) is 29.3 Å². The first kappa shape index (κ1) is 22.8. The maximum Gasteiger partial charge on any atom is 0.233 e. The summed E-state index contributed by atoms with van der Waals surface area (Å²) in [4.78, 5) is 34.2. The number of hydrogen-bond donors (Lipinski definition) is 3. The van der Waals surface area contributed by atoms with E-state index in [0.29, 0.717) is 25.6 Å². The summed E-state index contributed by atoms with van der Waals surface area (Å²) in [6.07, 6.45) is 7.80. The summed E-state index contributed by atoms with van der Waals surface area (Å²) < 4.78 is 13.3. The van der Waals surface area contributed by atoms with Crippen molar-refractivity contribution in [3.05, 3.63) is 47.9 Å². The topological polar surface area (TPSA) is 89.6 Å². The fourth-order valence-electron chi connectivity index (χ4n) is 5.37. The molecule has 2 heterocycles. The van der Waals surface area contributed by atoms with Gasteiger partial charge >= 0.3 is 0 Å². The number of fused-ring (bicyclic) bond motifs is 6. The van der Waals surface area contributed by atoms with E-state index in [1.807, 2.05) is 6.20 Å². The molecule has 3 N–H and O–H groups in total. The molecule has 9 heteroatoms. The summed E-state index contributed by atoms with van der Waals surface area (Å²) in [6, 6.07) is 4.73. The number of nitrogens with zero attached hydrogens (tertiary/aromatic N) is 2. The van der Waals surface area contributed by atoms with Crippen molar-refractivity contribution in [3.63, 3.8) is 0 Å². The molecule has 2 aliphatic carbocycles. The van der Waals surface area contributed by atoms with Crippen LogP contribution in [0.2, 0.25) is 0 Å². The lowest BCUT2D eigenvalue weighted by Crippen LogP contribution is -2.44. The minimum Gasteiger partial charge on any atom is -0.361 e. The second-order valence-electron chi connectivity index (χ2n) is 8.51. The normalized spacial score (nSPS) is 26.1. The van der Waals surface area contributed by atoms with Crippen molar-refractivity contribution in [2.45, 2.75) is 12.8 Å². The van der Waals surface area contributed by atoms with Gasteiger partial charge in [-0.15, -0.1) is 24.0 Å². The van der Waals surface area contributed by atoms with Crippen molar-refractivity contribution < 1.29 is 14.0 Å². The van der Waals surface area contributed by atoms with Gasteiger partial charge in [-0.25, -0.2) is 4.39 Å². The second-order valence-corrected chi connectivity index (χ2v) is 8.51. The highest BCUT2D eigenvalue weighted by molar-refractivity contribution is 14.0. The van der Waals surface area contributed by atoms with Gasteiger partial charge in [-0.3, -0.25) is 19.5 Å². The molecule has 4 unspecified atom stereocenters. The smallest absolute Gasteiger partial charge is 0.233 e. The largest absolute Gasteiger partial charge is 0.361 e. The van der Waals surface area contributed by atoms with E-state index in [-0.39, 0.29) is 65.3 Å². The van der Waals surface area contributed by atoms with Crippen LogP contribution in [0.4, 0.5) is 4.39 Å². The van der Waals surface area contributed by atoms with E-state index in [9.17, 15) is 14.0 Å². The lowest BCUT2D eigenvalue weighted by Gasteiger charge is -2.18. The Morgan fingerprint density at radius 1 is 1.16 bits per heavy atom. The van der Waals surface area contributed by atoms with Crippen molar-refractivity contribution in [2.24, 2.45) is 28.7 Å². The van der Waals surface area contributed by atoms with Crippen molar-refractivity contribution in [1.29, 1.82) is 0 Å². The minimum absolute atomic E-state index is 0. The van der Waals surface area contributed by atoms with Crippen LogP contribution in [0, 0.1) is 29.5 Å². The number of amides is 2. The molecule has 1 aromatic heterocycles. The molecule has 2 amide bonds. The highest BCUT2D eigenvalue weighted by Crippen LogP contribution is 2.52. The molecule has 2 bridgehead atoms. The number of halogens is 2. The molecular formula is C23H27FIN5O2. The predicted molar refractivity (Wildman–Crippen MR) is 131 cm³/mol. The van der Waals surface area contributed by atoms with E-state index >= 15 is 0 Å². The Labute approximate surface area is 202 Å². The molecule has 1 saturated heterocycles. The van der Waals surface area contributed by atoms with Crippen LogP contribution < -0.4 is 10.6 Å². The van der Waals surface area contributed by atoms with Gasteiger partial charge in [-0.2, -0.15) is 0 Å². The standard InChI is InChI=1S/C23H26FN5O2.HI/c1-25-23(26-7-6-15-12-28-18-11-16(24)4-5-17(15)18)27-8-9-29-21(30)19-13-2-3-14(10-13)20(19)22(29)31;/h2-5,11-14,19-20,28H,6-10H2,1H3,(H2,25,26,27);1H. The molecular weight excluding hydrogens is 524 g/mol. The van der Waals surface area contributed by atoms with E-state index in [1.165, 1.54) is 17.0 Å². The van der Waals surface area contributed by atoms with Crippen LogP contribution in [0.1, 0.15) is 12.0 Å². The molecule has 1 saturated carbocycles. The molecule has 1 aliphatic heterocycles. The average Bonchev–Trinajstić information content (AvgIpc) is 3.52. The van der Waals surface area contributed by atoms with Gasteiger partial charge in [0.05, 0.1) is 11.8 Å². The number of aliphatic imine (C=N–C) groups is 1. The third-order valence-electron chi connectivity index (χ3n) is 6.83. The van der Waals surface area contributed by atoms with Gasteiger partial charge in [0, 0.05) is 43.8 Å². The number of imide groups is 1. The third kappa shape index (κ3) is 3.91. The molecule has 2 aromatic rings. The lowest BCUT2D eigenvalue weighted by atomic mass is 9.85. The average molecular weight is 551 g/mol. The van der Waals surface area contributed by atoms with Crippen molar-refractivity contribution in [3.8, 4) is 0 Å². The van der Waals surface area contributed by atoms with E-state index in [1.54, 1.807) is 13.1 Å². The molecule has 0 spiro atoms. The molecule has 3 aliphatic rings. The van der Waals surface area contributed by atoms with Crippen LogP contribution in [0.3, 0.4) is 0 Å². The zero-order chi connectivity index (χ0) is 21.5. The summed E-state index contributed by atoms with van der Waals surface area (Å²) >= 11 is 0. The SMILES string of the molecule is CN=C(NCCc1c[nH]c2cc(F)ccc12)NCCN1C(=O)C2C3C=CC(C3)C2C1=O.I. The summed E-state index contributed by atoms with van der Waals surface area (Å²) in [7, 11) is 1.68. The molecule has 7 nitrogen and oxygen atoms in total. The molecule has 170 valence electrons. The van der Waals surface area contributed by atoms with Crippen LogP contribution in [0.5, 0.6) is 0 Å². The van der Waals surface area contributed by atoms with Gasteiger partial charge < -0.3 is 15.6 Å². The number of guanidine groups is 1. The van der Waals surface area contributed by atoms with Crippen molar-refractivity contribution in [1.82, 2.24) is 20.5 Å². The van der Waals surface area contributed by atoms with Gasteiger partial charge in [-0.05, 0) is 48.4 Å². The van der Waals surface area contributed by atoms with Gasteiger partial charge in [0.25, 0.3) is 0 Å². The first-order valence-corrected chi connectivity index (χ1v) is 10.8. The monoisotopic (exact) mass is 551 g/mol. The number of benzene rings is 1. The third-order valence-corrected chi connectivity index (χ3v) is 6.83. The Kier molecular flexibility index (Phi) is 6.55. The summed E-state index contributed by atoms with van der Waals surface area (Å²) in [5, 5.41) is 7.44. The predicted octanol–water partition coefficient (Wildman–Crippen LogP) is 2.44. The molecule has 5 rings (SSSR count). The highest BCUT2D eigenvalue weighted by atomic mass is 127. The zero-order valence-corrected chi connectivity index (χ0v) is 20.1. The second kappa shape index (κ2) is 9.21. The summed E-state index contributed by atoms with van der Waals surface area (Å²) in [6.45, 7) is 1.44. The number of aromatic nitrogens is 1. The Bertz CT molecular complexity index is 1070. The minimum atomic E-state index is -0.258. The van der Waals surface area contributed by atoms with Gasteiger partial charge in [-0.1, -0.05) is 12.2 Å². The van der Waals surface area contributed by atoms with Crippen molar-refractivity contribution >= 4 is 52.7 Å². The number of aromatic amines is 1. The highest BCUT2D eigenvalue weighted by Gasteiger charge is 2.58. The number of H-pyrrole nitrogens is 1. The first-order chi connectivity index (χ1) is 15.1. The Morgan fingerprint density at radius 3 is 2.53 bits per heavy atom. The molecule has 1 aromatic carbocycles. The lowest BCUT2D eigenvalue weighted by molar-refractivity contribution is -0.140. The fraction of sp³-hybridized carbons (Fsp3) is 0.435. The maximum atomic E-state index is 13.3. The summed E-state index contributed by atoms with van der Waals surface area (Å²) in [5.74, 6) is 0.492. The molecule has 4 atom stereocenters. The quantitative estimate of drug-likeness (QED) is 0.169. The maximum absolute atomic E-state index is 13.3. The number of nitrogens with one attached hydrogen (secondary N) is 3. The van der Waals surface area contributed by atoms with E-state index < -0.39 is 0 Å². The Hall–Kier alpha value is -2.43. The Balaban J connectivity index is 0.00000245. The summed E-state index contributed by atoms with van der Waals surface area (Å²) in [5.41, 5.74) is 1.88. The van der Waals surface area contributed by atoms with E-state index in [2.05, 4.69) is 32.8 Å². The zero-order valence-electron chi connectivity index (χ0n) is 17.8. The fourth-order valence-corrected chi connectivity index (χ4v) is 5.37. The van der Waals surface area contributed by atoms with Crippen LogP contribution in [-0.4, -0.2) is 54.3 Å².